The van der Waals surface area contributed by atoms with Crippen LogP contribution in [0, 0.1) is 0 Å². The molecule has 42 heavy (non-hydrogen) atoms. The van der Waals surface area contributed by atoms with Crippen molar-refractivity contribution in [2.45, 2.75) is 39.2 Å². The summed E-state index contributed by atoms with van der Waals surface area (Å²) in [6.45, 7) is 7.24. The second-order valence-electron chi connectivity index (χ2n) is 11.1. The van der Waals surface area contributed by atoms with Gasteiger partial charge in [0.05, 0.1) is 19.3 Å². The Balaban J connectivity index is 1.60. The Morgan fingerprint density at radius 3 is 2.43 bits per heavy atom. The van der Waals surface area contributed by atoms with Crippen LogP contribution in [0.1, 0.15) is 54.1 Å². The lowest BCUT2D eigenvalue weighted by atomic mass is 9.88. The quantitative estimate of drug-likeness (QED) is 0.481. The Morgan fingerprint density at radius 2 is 1.71 bits per heavy atom. The molecule has 2 aromatic carbocycles. The van der Waals surface area contributed by atoms with Crippen molar-refractivity contribution < 1.29 is 22.7 Å². The Labute approximate surface area is 246 Å². The molecule has 6 bridgehead atoms. The van der Waals surface area contributed by atoms with Gasteiger partial charge in [-0.15, -0.1) is 0 Å². The molecule has 4 aliphatic heterocycles. The van der Waals surface area contributed by atoms with Crippen LogP contribution in [-0.2, 0) is 21.5 Å². The first-order valence-corrected chi connectivity index (χ1v) is 16.1. The summed E-state index contributed by atoms with van der Waals surface area (Å²) in [7, 11) is -2.38. The van der Waals surface area contributed by atoms with E-state index in [9.17, 15) is 18.0 Å². The lowest BCUT2D eigenvalue weighted by Gasteiger charge is -2.33. The Kier molecular flexibility index (Phi) is 7.59. The Hall–Kier alpha value is -3.67. The van der Waals surface area contributed by atoms with Gasteiger partial charge >= 0.3 is 10.2 Å². The fourth-order valence-electron chi connectivity index (χ4n) is 6.50. The van der Waals surface area contributed by atoms with Crippen molar-refractivity contribution in [3.63, 3.8) is 0 Å². The van der Waals surface area contributed by atoms with E-state index in [1.807, 2.05) is 30.3 Å². The van der Waals surface area contributed by atoms with Gasteiger partial charge in [-0.25, -0.2) is 4.72 Å². The normalized spacial score (nSPS) is 22.0. The molecule has 3 aromatic rings. The van der Waals surface area contributed by atoms with Crippen molar-refractivity contribution in [2.24, 2.45) is 0 Å². The summed E-state index contributed by atoms with van der Waals surface area (Å²) in [6, 6.07) is 11.3. The predicted octanol–water partition coefficient (Wildman–Crippen LogP) is 3.34. The molecule has 2 N–H and O–H groups in total. The van der Waals surface area contributed by atoms with Crippen molar-refractivity contribution in [1.82, 2.24) is 23.8 Å². The summed E-state index contributed by atoms with van der Waals surface area (Å²) in [5, 5.41) is 4.09. The van der Waals surface area contributed by atoms with Gasteiger partial charge in [0.25, 0.3) is 5.91 Å². The summed E-state index contributed by atoms with van der Waals surface area (Å²) >= 11 is 0. The molecule has 1 aromatic heterocycles. The molecule has 222 valence electrons. The van der Waals surface area contributed by atoms with E-state index in [0.29, 0.717) is 44.0 Å². The second-order valence-corrected chi connectivity index (χ2v) is 12.8. The maximum absolute atomic E-state index is 13.7. The van der Waals surface area contributed by atoms with Crippen LogP contribution in [0.5, 0.6) is 5.75 Å². The minimum atomic E-state index is -4.00. The highest BCUT2D eigenvalue weighted by molar-refractivity contribution is 7.87. The van der Waals surface area contributed by atoms with Gasteiger partial charge in [-0.3, -0.25) is 14.5 Å². The van der Waals surface area contributed by atoms with Crippen molar-refractivity contribution >= 4 is 39.0 Å². The Morgan fingerprint density at radius 1 is 0.952 bits per heavy atom. The summed E-state index contributed by atoms with van der Waals surface area (Å²) in [5.74, 6) is 0.120. The van der Waals surface area contributed by atoms with Crippen LogP contribution in [0.25, 0.3) is 28.2 Å². The summed E-state index contributed by atoms with van der Waals surface area (Å²) < 4.78 is 37.6. The van der Waals surface area contributed by atoms with Crippen LogP contribution in [0.3, 0.4) is 0 Å². The largest absolute Gasteiger partial charge is 0.497 e. The maximum atomic E-state index is 13.7. The third kappa shape index (κ3) is 4.99. The third-order valence-corrected chi connectivity index (χ3v) is 10.3. The second kappa shape index (κ2) is 11.2. The lowest BCUT2D eigenvalue weighted by Crippen LogP contribution is -2.53. The van der Waals surface area contributed by atoms with E-state index >= 15 is 0 Å². The fourth-order valence-corrected chi connectivity index (χ4v) is 7.63. The molecule has 1 saturated heterocycles. The first-order chi connectivity index (χ1) is 20.2. The molecule has 0 radical (unpaired) electrons. The number of nitrogens with one attached hydrogen (secondary N) is 2. The van der Waals surface area contributed by atoms with Crippen LogP contribution in [0.2, 0.25) is 0 Å². The van der Waals surface area contributed by atoms with E-state index in [1.54, 1.807) is 19.2 Å². The standard InChI is InChI=1S/C31H37N5O5S/c1-4-20(5-2)28-26-8-6-21-18-27(26)36-19-23(16-22-17-24(41-3)7-9-25(22)29(28)36)30(37)32-10-11-34-12-14-35(15-13-34)42(39,40)33-31(21)38/h6-9,16-18,20H,4-5,10-15,19H2,1-3H3,(H,32,37)(H,33,38). The molecule has 1 fully saturated rings. The number of carbonyl (C=O) groups excluding carboxylic acids is 2. The van der Waals surface area contributed by atoms with Crippen LogP contribution < -0.4 is 14.8 Å². The van der Waals surface area contributed by atoms with E-state index in [1.165, 1.54) is 9.87 Å². The van der Waals surface area contributed by atoms with E-state index in [0.717, 1.165) is 40.6 Å². The SMILES string of the molecule is CCC(CC)c1c2n3c4cc(ccc14)C(=O)NS(=O)(=O)N1CCN(CCNC(=O)C(=Cc4cc(OC)ccc4-2)C3)CC1. The number of aromatic nitrogens is 1. The van der Waals surface area contributed by atoms with E-state index in [2.05, 4.69) is 33.4 Å². The van der Waals surface area contributed by atoms with Crippen molar-refractivity contribution in [3.05, 3.63) is 58.7 Å². The molecule has 11 heteroatoms. The zero-order valence-corrected chi connectivity index (χ0v) is 25.1. The number of hydrogen-bond donors (Lipinski definition) is 2. The van der Waals surface area contributed by atoms with E-state index < -0.39 is 16.1 Å². The van der Waals surface area contributed by atoms with Gasteiger partial charge in [0, 0.05) is 66.9 Å². The fraction of sp³-hybridized carbons (Fsp3) is 0.419. The van der Waals surface area contributed by atoms with E-state index in [-0.39, 0.29) is 30.5 Å². The molecule has 0 aliphatic carbocycles. The van der Waals surface area contributed by atoms with Gasteiger partial charge in [-0.1, -0.05) is 19.9 Å². The monoisotopic (exact) mass is 591 g/mol. The highest BCUT2D eigenvalue weighted by Crippen LogP contribution is 2.45. The van der Waals surface area contributed by atoms with E-state index in [4.69, 9.17) is 4.74 Å². The number of rotatable bonds is 4. The van der Waals surface area contributed by atoms with Crippen molar-refractivity contribution in [3.8, 4) is 17.0 Å². The number of nitrogens with zero attached hydrogens (tertiary/aromatic N) is 3. The summed E-state index contributed by atoms with van der Waals surface area (Å²) in [5.41, 5.74) is 5.69. The van der Waals surface area contributed by atoms with Gasteiger partial charge in [0.1, 0.15) is 5.75 Å². The van der Waals surface area contributed by atoms with Gasteiger partial charge in [0.2, 0.25) is 5.91 Å². The molecule has 4 aliphatic rings. The summed E-state index contributed by atoms with van der Waals surface area (Å²) in [4.78, 5) is 29.2. The van der Waals surface area contributed by atoms with Crippen LogP contribution in [-0.4, -0.2) is 80.4 Å². The van der Waals surface area contributed by atoms with Crippen molar-refractivity contribution in [2.75, 3.05) is 46.4 Å². The topological polar surface area (TPSA) is 113 Å². The minimum Gasteiger partial charge on any atom is -0.497 e. The van der Waals surface area contributed by atoms with Crippen LogP contribution in [0.4, 0.5) is 0 Å². The number of fused-ring (bicyclic) bond motifs is 9. The van der Waals surface area contributed by atoms with Crippen LogP contribution in [0.15, 0.2) is 42.0 Å². The highest BCUT2D eigenvalue weighted by Gasteiger charge is 2.31. The maximum Gasteiger partial charge on any atom is 0.304 e. The zero-order chi connectivity index (χ0) is 29.6. The number of ether oxygens (including phenoxy) is 1. The third-order valence-electron chi connectivity index (χ3n) is 8.83. The molecule has 0 unspecified atom stereocenters. The summed E-state index contributed by atoms with van der Waals surface area (Å²) in [6.07, 6.45) is 3.78. The molecule has 10 nitrogen and oxygen atoms in total. The van der Waals surface area contributed by atoms with Gasteiger partial charge in [-0.2, -0.15) is 12.7 Å². The zero-order valence-electron chi connectivity index (χ0n) is 24.3. The molecule has 5 heterocycles. The first-order valence-electron chi connectivity index (χ1n) is 14.6. The van der Waals surface area contributed by atoms with Gasteiger partial charge < -0.3 is 14.6 Å². The van der Waals surface area contributed by atoms with Gasteiger partial charge in [0.15, 0.2) is 0 Å². The highest BCUT2D eigenvalue weighted by atomic mass is 32.2. The molecule has 0 atom stereocenters. The van der Waals surface area contributed by atoms with Gasteiger partial charge in [-0.05, 0) is 66.3 Å². The van der Waals surface area contributed by atoms with Crippen LogP contribution >= 0.6 is 0 Å². The number of benzene rings is 2. The number of methoxy groups -OCH3 is 1. The predicted molar refractivity (Wildman–Crippen MR) is 163 cm³/mol. The lowest BCUT2D eigenvalue weighted by molar-refractivity contribution is -0.117. The number of hydrogen-bond acceptors (Lipinski definition) is 6. The number of carbonyl (C=O) groups is 2. The molecule has 2 amide bonds. The number of piperazine rings is 1. The Bertz CT molecular complexity index is 1700. The average Bonchev–Trinajstić information content (AvgIpc) is 3.19. The smallest absolute Gasteiger partial charge is 0.304 e. The molecule has 0 saturated carbocycles. The molecular formula is C31H37N5O5S. The van der Waals surface area contributed by atoms with Crippen molar-refractivity contribution in [1.29, 1.82) is 0 Å². The molecule has 7 rings (SSSR count). The molecular weight excluding hydrogens is 554 g/mol. The minimum absolute atomic E-state index is 0.151. The first kappa shape index (κ1) is 28.4. The average molecular weight is 592 g/mol. The number of amides is 2. The molecule has 0 spiro atoms.